The van der Waals surface area contributed by atoms with Gasteiger partial charge in [-0.25, -0.2) is 15.0 Å². The number of imidazole rings is 1. The van der Waals surface area contributed by atoms with Gasteiger partial charge in [0, 0.05) is 47.6 Å². The summed E-state index contributed by atoms with van der Waals surface area (Å²) in [6.45, 7) is 0. The van der Waals surface area contributed by atoms with Gasteiger partial charge >= 0.3 is 6.18 Å². The lowest BCUT2D eigenvalue weighted by Gasteiger charge is -2.29. The predicted molar refractivity (Wildman–Crippen MR) is 146 cm³/mol. The third kappa shape index (κ3) is 5.59. The third-order valence-electron chi connectivity index (χ3n) is 7.69. The van der Waals surface area contributed by atoms with Crippen molar-refractivity contribution in [2.24, 2.45) is 5.92 Å². The number of benzene rings is 1. The lowest BCUT2D eigenvalue weighted by Crippen LogP contribution is -2.39. The van der Waals surface area contributed by atoms with Gasteiger partial charge in [0.1, 0.15) is 28.7 Å². The van der Waals surface area contributed by atoms with Gasteiger partial charge in [-0.3, -0.25) is 14.0 Å². The number of carbonyl (C=O) groups excluding carboxylic acids is 2. The number of rotatable bonds is 6. The molecule has 0 radical (unpaired) electrons. The summed E-state index contributed by atoms with van der Waals surface area (Å²) in [4.78, 5) is 38.2. The number of fused-ring (bicyclic) bond motifs is 1. The Balaban J connectivity index is 1.24. The van der Waals surface area contributed by atoms with Crippen LogP contribution in [0.25, 0.3) is 16.8 Å². The van der Waals surface area contributed by atoms with E-state index in [0.29, 0.717) is 22.6 Å². The van der Waals surface area contributed by atoms with E-state index < -0.39 is 17.6 Å². The summed E-state index contributed by atoms with van der Waals surface area (Å²) < 4.78 is 41.0. The number of hydrogen-bond donors (Lipinski definition) is 3. The van der Waals surface area contributed by atoms with Crippen LogP contribution >= 0.6 is 0 Å². The van der Waals surface area contributed by atoms with Crippen molar-refractivity contribution >= 4 is 29.0 Å². The summed E-state index contributed by atoms with van der Waals surface area (Å²) >= 11 is 0. The van der Waals surface area contributed by atoms with E-state index in [1.54, 1.807) is 30.5 Å². The van der Waals surface area contributed by atoms with Gasteiger partial charge in [0.05, 0.1) is 5.56 Å². The van der Waals surface area contributed by atoms with Crippen molar-refractivity contribution in [1.29, 1.82) is 0 Å². The van der Waals surface area contributed by atoms with Gasteiger partial charge in [-0.05, 0) is 56.4 Å². The molecule has 4 aromatic rings. The molecule has 2 fully saturated rings. The van der Waals surface area contributed by atoms with E-state index in [2.05, 4.69) is 20.6 Å². The minimum atomic E-state index is -4.55. The maximum Gasteiger partial charge on any atom is 0.416 e. The molecule has 0 unspecified atom stereocenters. The van der Waals surface area contributed by atoms with E-state index in [-0.39, 0.29) is 35.2 Å². The first-order valence-electron chi connectivity index (χ1n) is 13.5. The van der Waals surface area contributed by atoms with E-state index in [1.165, 1.54) is 0 Å². The second-order valence-corrected chi connectivity index (χ2v) is 10.7. The Labute approximate surface area is 233 Å². The molecule has 212 valence electrons. The number of nitrogens with one attached hydrogen (secondary N) is 2. The summed E-state index contributed by atoms with van der Waals surface area (Å²) in [6, 6.07) is 8.29. The number of aromatic nitrogens is 4. The SMILES string of the molecule is Nc1nccn2c([C@H]3CCC[C@H](NC(=O)C4CC4)C3)nc(-c3ccc(C(=O)Nc4cc(C(F)(F)F)ccn4)cc3)c12. The van der Waals surface area contributed by atoms with E-state index >= 15 is 0 Å². The first-order chi connectivity index (χ1) is 19.7. The molecule has 1 aromatic carbocycles. The van der Waals surface area contributed by atoms with E-state index in [1.807, 2.05) is 10.6 Å². The molecule has 6 rings (SSSR count). The highest BCUT2D eigenvalue weighted by molar-refractivity contribution is 6.04. The first-order valence-corrected chi connectivity index (χ1v) is 13.5. The molecule has 9 nitrogen and oxygen atoms in total. The Morgan fingerprint density at radius 2 is 1.78 bits per heavy atom. The van der Waals surface area contributed by atoms with Crippen molar-refractivity contribution in [3.05, 3.63) is 71.9 Å². The summed E-state index contributed by atoms with van der Waals surface area (Å²) in [6.07, 6.45) is 5.45. The molecular weight excluding hydrogens is 535 g/mol. The Bertz CT molecular complexity index is 1610. The number of amides is 2. The minimum absolute atomic E-state index is 0.0981. The van der Waals surface area contributed by atoms with Crippen molar-refractivity contribution < 1.29 is 22.8 Å². The molecule has 2 amide bonds. The smallest absolute Gasteiger partial charge is 0.382 e. The lowest BCUT2D eigenvalue weighted by molar-refractivity contribution is -0.137. The summed E-state index contributed by atoms with van der Waals surface area (Å²) in [5.41, 5.74) is 7.60. The topological polar surface area (TPSA) is 127 Å². The Morgan fingerprint density at radius 1 is 1.00 bits per heavy atom. The van der Waals surface area contributed by atoms with Gasteiger partial charge < -0.3 is 16.4 Å². The van der Waals surface area contributed by atoms with Crippen LogP contribution in [0.1, 0.15) is 66.2 Å². The molecule has 3 aromatic heterocycles. The highest BCUT2D eigenvalue weighted by Crippen LogP contribution is 2.38. The maximum atomic E-state index is 13.0. The Hall–Kier alpha value is -4.48. The predicted octanol–water partition coefficient (Wildman–Crippen LogP) is 5.20. The van der Waals surface area contributed by atoms with Gasteiger partial charge in [-0.1, -0.05) is 18.6 Å². The molecule has 0 bridgehead atoms. The molecule has 3 heterocycles. The molecule has 0 saturated heterocycles. The average molecular weight is 564 g/mol. The monoisotopic (exact) mass is 563 g/mol. The number of hydrogen-bond acceptors (Lipinski definition) is 6. The number of nitrogen functional groups attached to an aromatic ring is 1. The molecule has 2 atom stereocenters. The number of pyridine rings is 1. The van der Waals surface area contributed by atoms with Gasteiger partial charge in [-0.15, -0.1) is 0 Å². The molecule has 2 saturated carbocycles. The van der Waals surface area contributed by atoms with E-state index in [9.17, 15) is 22.8 Å². The molecule has 2 aliphatic carbocycles. The van der Waals surface area contributed by atoms with Crippen LogP contribution in [0.3, 0.4) is 0 Å². The van der Waals surface area contributed by atoms with Crippen molar-refractivity contribution in [3.63, 3.8) is 0 Å². The van der Waals surface area contributed by atoms with Crippen LogP contribution in [-0.4, -0.2) is 37.2 Å². The van der Waals surface area contributed by atoms with Crippen molar-refractivity contribution in [1.82, 2.24) is 24.7 Å². The summed E-state index contributed by atoms with van der Waals surface area (Å²) in [7, 11) is 0. The lowest BCUT2D eigenvalue weighted by atomic mass is 9.85. The van der Waals surface area contributed by atoms with E-state index in [4.69, 9.17) is 10.7 Å². The van der Waals surface area contributed by atoms with Crippen LogP contribution in [0.5, 0.6) is 0 Å². The number of anilines is 2. The summed E-state index contributed by atoms with van der Waals surface area (Å²) in [5, 5.41) is 5.63. The second kappa shape index (κ2) is 10.5. The third-order valence-corrected chi connectivity index (χ3v) is 7.69. The number of nitrogens with two attached hydrogens (primary N) is 1. The Kier molecular flexibility index (Phi) is 6.84. The van der Waals surface area contributed by atoms with E-state index in [0.717, 1.165) is 62.7 Å². The second-order valence-electron chi connectivity index (χ2n) is 10.7. The number of alkyl halides is 3. The van der Waals surface area contributed by atoms with Gasteiger partial charge in [-0.2, -0.15) is 13.2 Å². The van der Waals surface area contributed by atoms with Gasteiger partial charge in [0.25, 0.3) is 5.91 Å². The van der Waals surface area contributed by atoms with Crippen LogP contribution < -0.4 is 16.4 Å². The normalized spacial score (nSPS) is 19.2. The molecule has 41 heavy (non-hydrogen) atoms. The fourth-order valence-corrected chi connectivity index (χ4v) is 5.44. The average Bonchev–Trinajstić information content (AvgIpc) is 3.74. The van der Waals surface area contributed by atoms with Crippen molar-refractivity contribution in [3.8, 4) is 11.3 Å². The molecule has 0 spiro atoms. The number of carbonyl (C=O) groups is 2. The van der Waals surface area contributed by atoms with Crippen LogP contribution in [0.2, 0.25) is 0 Å². The van der Waals surface area contributed by atoms with Crippen molar-refractivity contribution in [2.45, 2.75) is 56.7 Å². The van der Waals surface area contributed by atoms with Crippen LogP contribution in [-0.2, 0) is 11.0 Å². The molecular formula is C29H28F3N7O2. The van der Waals surface area contributed by atoms with Crippen LogP contribution in [0, 0.1) is 5.92 Å². The zero-order valence-corrected chi connectivity index (χ0v) is 22.0. The molecule has 12 heteroatoms. The quantitative estimate of drug-likeness (QED) is 0.296. The number of nitrogens with zero attached hydrogens (tertiary/aromatic N) is 4. The fourth-order valence-electron chi connectivity index (χ4n) is 5.44. The Morgan fingerprint density at radius 3 is 2.51 bits per heavy atom. The minimum Gasteiger partial charge on any atom is -0.382 e. The highest BCUT2D eigenvalue weighted by atomic mass is 19.4. The number of halogens is 3. The maximum absolute atomic E-state index is 13.0. The van der Waals surface area contributed by atoms with Gasteiger partial charge in [0.15, 0.2) is 0 Å². The zero-order chi connectivity index (χ0) is 28.7. The summed E-state index contributed by atoms with van der Waals surface area (Å²) in [5.74, 6) is 0.775. The first kappa shape index (κ1) is 26.7. The fraction of sp³-hybridized carbons (Fsp3) is 0.345. The van der Waals surface area contributed by atoms with Crippen LogP contribution in [0.4, 0.5) is 24.8 Å². The largest absolute Gasteiger partial charge is 0.416 e. The molecule has 4 N–H and O–H groups in total. The van der Waals surface area contributed by atoms with Crippen LogP contribution in [0.15, 0.2) is 55.0 Å². The van der Waals surface area contributed by atoms with Gasteiger partial charge in [0.2, 0.25) is 5.91 Å². The standard InChI is InChI=1S/C29H28F3N7O2/c30-29(31,32)20-10-11-34-22(15-20)37-28(41)18-6-4-16(5-7-18)23-24-25(33)35-12-13-39(24)26(38-23)19-2-1-3-21(14-19)36-27(40)17-8-9-17/h4-7,10-13,15,17,19,21H,1-3,8-9,14H2,(H2,33,35)(H,36,40)(H,34,37,41)/t19-,21-/m0/s1. The molecule has 0 aliphatic heterocycles. The zero-order valence-electron chi connectivity index (χ0n) is 22.0. The van der Waals surface area contributed by atoms with Crippen molar-refractivity contribution in [2.75, 3.05) is 11.1 Å². The molecule has 2 aliphatic rings. The highest BCUT2D eigenvalue weighted by Gasteiger charge is 2.34.